The lowest BCUT2D eigenvalue weighted by Crippen LogP contribution is -2.13. The molecular weight excluding hydrogens is 274 g/mol. The lowest BCUT2D eigenvalue weighted by atomic mass is 10.1. The van der Waals surface area contributed by atoms with Gasteiger partial charge in [0, 0.05) is 0 Å². The summed E-state index contributed by atoms with van der Waals surface area (Å²) in [4.78, 5) is 11.8. The third-order valence-electron chi connectivity index (χ3n) is 3.06. The molecule has 2 aromatic carbocycles. The number of carbonyl (C=O) groups is 1. The Morgan fingerprint density at radius 2 is 1.81 bits per heavy atom. The van der Waals surface area contributed by atoms with Crippen LogP contribution in [0.25, 0.3) is 0 Å². The van der Waals surface area contributed by atoms with Gasteiger partial charge in [-0.1, -0.05) is 25.5 Å². The number of hydrogen-bond acceptors (Lipinski definition) is 2. The van der Waals surface area contributed by atoms with Crippen LogP contribution in [0, 0.1) is 11.6 Å². The molecule has 0 saturated heterocycles. The van der Waals surface area contributed by atoms with Gasteiger partial charge in [0.15, 0.2) is 6.61 Å². The number of ether oxygens (including phenoxy) is 1. The summed E-state index contributed by atoms with van der Waals surface area (Å²) < 4.78 is 31.8. The van der Waals surface area contributed by atoms with Gasteiger partial charge >= 0.3 is 0 Å². The molecule has 4 heteroatoms. The molecule has 0 saturated carbocycles. The second-order valence-corrected chi connectivity index (χ2v) is 4.73. The second-order valence-electron chi connectivity index (χ2n) is 4.73. The Hall–Kier alpha value is -2.23. The fourth-order valence-electron chi connectivity index (χ4n) is 1.98. The summed E-state index contributed by atoms with van der Waals surface area (Å²) in [5.41, 5.74) is 0.893. The van der Waals surface area contributed by atoms with Crippen LogP contribution in [0.4, 0.5) is 8.78 Å². The normalized spacial score (nSPS) is 10.4. The van der Waals surface area contributed by atoms with Crippen LogP contribution in [0.2, 0.25) is 0 Å². The summed E-state index contributed by atoms with van der Waals surface area (Å²) in [5, 5.41) is 0. The molecule has 0 aliphatic heterocycles. The molecule has 2 aromatic rings. The molecule has 0 spiro atoms. The van der Waals surface area contributed by atoms with Crippen LogP contribution in [-0.2, 0) is 6.42 Å². The molecule has 21 heavy (non-hydrogen) atoms. The standard InChI is InChI=1S/C17H16F2O2/c1-2-3-12-4-7-14(8-5-12)21-11-17(20)15-10-13(18)6-9-16(15)19/h4-10H,2-3,11H2,1H3. The molecule has 110 valence electrons. The first-order chi connectivity index (χ1) is 10.1. The number of benzene rings is 2. The van der Waals surface area contributed by atoms with Crippen molar-refractivity contribution in [3.8, 4) is 5.75 Å². The topological polar surface area (TPSA) is 26.3 Å². The van der Waals surface area contributed by atoms with Crippen LogP contribution in [-0.4, -0.2) is 12.4 Å². The number of hydrogen-bond donors (Lipinski definition) is 0. The van der Waals surface area contributed by atoms with Crippen molar-refractivity contribution in [2.45, 2.75) is 19.8 Å². The average Bonchev–Trinajstić information content (AvgIpc) is 2.49. The quantitative estimate of drug-likeness (QED) is 0.746. The van der Waals surface area contributed by atoms with Crippen LogP contribution in [0.5, 0.6) is 5.75 Å². The molecule has 0 atom stereocenters. The molecule has 0 fully saturated rings. The lowest BCUT2D eigenvalue weighted by molar-refractivity contribution is 0.0917. The molecule has 0 N–H and O–H groups in total. The minimum atomic E-state index is -0.747. The highest BCUT2D eigenvalue weighted by Gasteiger charge is 2.13. The molecule has 0 bridgehead atoms. The Balaban J connectivity index is 1.99. The molecule has 2 nitrogen and oxygen atoms in total. The molecule has 0 unspecified atom stereocenters. The minimum absolute atomic E-state index is 0.294. The third-order valence-corrected chi connectivity index (χ3v) is 3.06. The highest BCUT2D eigenvalue weighted by atomic mass is 19.1. The van der Waals surface area contributed by atoms with Crippen molar-refractivity contribution in [2.24, 2.45) is 0 Å². The lowest BCUT2D eigenvalue weighted by Gasteiger charge is -2.07. The zero-order valence-electron chi connectivity index (χ0n) is 11.7. The first-order valence-corrected chi connectivity index (χ1v) is 6.80. The number of aryl methyl sites for hydroxylation is 1. The molecule has 0 aliphatic carbocycles. The predicted molar refractivity (Wildman–Crippen MR) is 76.6 cm³/mol. The Morgan fingerprint density at radius 3 is 2.48 bits per heavy atom. The highest BCUT2D eigenvalue weighted by molar-refractivity contribution is 5.97. The number of ketones is 1. The van der Waals surface area contributed by atoms with Crippen LogP contribution < -0.4 is 4.74 Å². The van der Waals surface area contributed by atoms with E-state index >= 15 is 0 Å². The van der Waals surface area contributed by atoms with Gasteiger partial charge in [-0.2, -0.15) is 0 Å². The van der Waals surface area contributed by atoms with Crippen LogP contribution in [0.3, 0.4) is 0 Å². The van der Waals surface area contributed by atoms with Gasteiger partial charge in [-0.05, 0) is 42.3 Å². The average molecular weight is 290 g/mol. The molecule has 0 aromatic heterocycles. The van der Waals surface area contributed by atoms with Crippen molar-refractivity contribution in [1.29, 1.82) is 0 Å². The van der Waals surface area contributed by atoms with Gasteiger partial charge in [0.05, 0.1) is 5.56 Å². The van der Waals surface area contributed by atoms with E-state index < -0.39 is 17.4 Å². The van der Waals surface area contributed by atoms with Crippen molar-refractivity contribution < 1.29 is 18.3 Å². The number of halogens is 2. The third kappa shape index (κ3) is 4.12. The highest BCUT2D eigenvalue weighted by Crippen LogP contribution is 2.15. The molecule has 0 aliphatic rings. The summed E-state index contributed by atoms with van der Waals surface area (Å²) >= 11 is 0. The molecule has 0 amide bonds. The molecule has 0 heterocycles. The first-order valence-electron chi connectivity index (χ1n) is 6.80. The van der Waals surface area contributed by atoms with Crippen molar-refractivity contribution in [3.05, 3.63) is 65.2 Å². The summed E-state index contributed by atoms with van der Waals surface area (Å²) in [5.74, 6) is -1.46. The van der Waals surface area contributed by atoms with Crippen LogP contribution in [0.15, 0.2) is 42.5 Å². The van der Waals surface area contributed by atoms with Crippen molar-refractivity contribution in [2.75, 3.05) is 6.61 Å². The van der Waals surface area contributed by atoms with E-state index in [9.17, 15) is 13.6 Å². The van der Waals surface area contributed by atoms with Crippen molar-refractivity contribution in [3.63, 3.8) is 0 Å². The maximum atomic E-state index is 13.4. The molecule has 2 rings (SSSR count). The number of rotatable bonds is 6. The maximum absolute atomic E-state index is 13.4. The maximum Gasteiger partial charge on any atom is 0.203 e. The van der Waals surface area contributed by atoms with E-state index in [1.165, 1.54) is 5.56 Å². The monoisotopic (exact) mass is 290 g/mol. The number of carbonyl (C=O) groups excluding carboxylic acids is 1. The van der Waals surface area contributed by atoms with Gasteiger partial charge in [0.1, 0.15) is 17.4 Å². The Labute approximate surface area is 122 Å². The van der Waals surface area contributed by atoms with E-state index in [1.54, 1.807) is 12.1 Å². The van der Waals surface area contributed by atoms with Crippen molar-refractivity contribution in [1.82, 2.24) is 0 Å². The van der Waals surface area contributed by atoms with Gasteiger partial charge in [-0.15, -0.1) is 0 Å². The second kappa shape index (κ2) is 6.97. The van der Waals surface area contributed by atoms with E-state index in [-0.39, 0.29) is 12.2 Å². The van der Waals surface area contributed by atoms with Crippen LogP contribution >= 0.6 is 0 Å². The summed E-state index contributed by atoms with van der Waals surface area (Å²) in [7, 11) is 0. The van der Waals surface area contributed by atoms with E-state index in [1.807, 2.05) is 12.1 Å². The first kappa shape index (κ1) is 15.2. The fourth-order valence-corrected chi connectivity index (χ4v) is 1.98. The smallest absolute Gasteiger partial charge is 0.203 e. The van der Waals surface area contributed by atoms with Gasteiger partial charge in [0.2, 0.25) is 5.78 Å². The zero-order chi connectivity index (χ0) is 15.2. The Kier molecular flexibility index (Phi) is 5.04. The van der Waals surface area contributed by atoms with Crippen molar-refractivity contribution >= 4 is 5.78 Å². The van der Waals surface area contributed by atoms with E-state index in [4.69, 9.17) is 4.74 Å². The molecule has 0 radical (unpaired) electrons. The van der Waals surface area contributed by atoms with Gasteiger partial charge in [-0.3, -0.25) is 4.79 Å². The van der Waals surface area contributed by atoms with E-state index in [0.717, 1.165) is 31.0 Å². The van der Waals surface area contributed by atoms with E-state index in [2.05, 4.69) is 6.92 Å². The van der Waals surface area contributed by atoms with Gasteiger partial charge in [0.25, 0.3) is 0 Å². The predicted octanol–water partition coefficient (Wildman–Crippen LogP) is 4.18. The zero-order valence-corrected chi connectivity index (χ0v) is 11.7. The largest absolute Gasteiger partial charge is 0.485 e. The number of Topliss-reactive ketones (excluding diaryl/α,β-unsaturated/α-hetero) is 1. The Morgan fingerprint density at radius 1 is 1.10 bits per heavy atom. The SMILES string of the molecule is CCCc1ccc(OCC(=O)c2cc(F)ccc2F)cc1. The summed E-state index contributed by atoms with van der Waals surface area (Å²) in [6.07, 6.45) is 2.03. The van der Waals surface area contributed by atoms with Crippen LogP contribution in [0.1, 0.15) is 29.3 Å². The van der Waals surface area contributed by atoms with Gasteiger partial charge in [-0.25, -0.2) is 8.78 Å². The van der Waals surface area contributed by atoms with E-state index in [0.29, 0.717) is 5.75 Å². The molecular formula is C17H16F2O2. The fraction of sp³-hybridized carbons (Fsp3) is 0.235. The summed E-state index contributed by atoms with van der Waals surface area (Å²) in [6.45, 7) is 1.77. The Bertz CT molecular complexity index is 621. The minimum Gasteiger partial charge on any atom is -0.485 e. The summed E-state index contributed by atoms with van der Waals surface area (Å²) in [6, 6.07) is 10.2. The van der Waals surface area contributed by atoms with Gasteiger partial charge < -0.3 is 4.74 Å².